The van der Waals surface area contributed by atoms with E-state index in [0.717, 1.165) is 6.20 Å². The number of aromatic carboxylic acids is 1. The van der Waals surface area contributed by atoms with Gasteiger partial charge in [0.05, 0.1) is 11.9 Å². The summed E-state index contributed by atoms with van der Waals surface area (Å²) in [4.78, 5) is 14.8. The van der Waals surface area contributed by atoms with E-state index in [1.165, 1.54) is 10.6 Å². The van der Waals surface area contributed by atoms with E-state index >= 15 is 0 Å². The molecular formula is C14H9F2N3O2. The van der Waals surface area contributed by atoms with Gasteiger partial charge in [-0.15, -0.1) is 0 Å². The predicted molar refractivity (Wildman–Crippen MR) is 70.3 cm³/mol. The molecule has 0 aliphatic carbocycles. The van der Waals surface area contributed by atoms with E-state index in [9.17, 15) is 13.6 Å². The summed E-state index contributed by atoms with van der Waals surface area (Å²) >= 11 is 0. The number of carbonyl (C=O) groups is 1. The topological polar surface area (TPSA) is 67.5 Å². The van der Waals surface area contributed by atoms with Gasteiger partial charge in [0.25, 0.3) is 6.43 Å². The number of benzene rings is 1. The lowest BCUT2D eigenvalue weighted by Crippen LogP contribution is -2.03. The van der Waals surface area contributed by atoms with Crippen LogP contribution in [0.2, 0.25) is 0 Å². The number of alkyl halides is 2. The second-order valence-corrected chi connectivity index (χ2v) is 4.33. The number of rotatable bonds is 3. The maximum atomic E-state index is 13.0. The third kappa shape index (κ3) is 2.22. The Morgan fingerprint density at radius 1 is 1.24 bits per heavy atom. The molecule has 0 aliphatic heterocycles. The summed E-state index contributed by atoms with van der Waals surface area (Å²) < 4.78 is 27.2. The van der Waals surface area contributed by atoms with Crippen LogP contribution >= 0.6 is 0 Å². The summed E-state index contributed by atoms with van der Waals surface area (Å²) in [5.41, 5.74) is 0.216. The van der Waals surface area contributed by atoms with E-state index in [1.54, 1.807) is 30.3 Å². The van der Waals surface area contributed by atoms with Gasteiger partial charge in [-0.3, -0.25) is 0 Å². The van der Waals surface area contributed by atoms with Crippen LogP contribution < -0.4 is 0 Å². The first-order chi connectivity index (χ1) is 10.1. The molecule has 2 aromatic heterocycles. The van der Waals surface area contributed by atoms with Crippen LogP contribution in [0.1, 0.15) is 22.5 Å². The Kier molecular flexibility index (Phi) is 3.09. The second kappa shape index (κ2) is 4.93. The fourth-order valence-electron chi connectivity index (χ4n) is 2.06. The van der Waals surface area contributed by atoms with Crippen LogP contribution in [0.15, 0.2) is 42.6 Å². The molecule has 0 saturated carbocycles. The highest BCUT2D eigenvalue weighted by molar-refractivity contribution is 5.94. The number of carboxylic acid groups (broad SMARTS) is 1. The summed E-state index contributed by atoms with van der Waals surface area (Å²) in [5.74, 6) is -1.26. The zero-order valence-electron chi connectivity index (χ0n) is 10.6. The number of hydrogen-bond acceptors (Lipinski definition) is 3. The lowest BCUT2D eigenvalue weighted by atomic mass is 10.1. The zero-order valence-corrected chi connectivity index (χ0v) is 10.6. The van der Waals surface area contributed by atoms with Crippen molar-refractivity contribution in [2.75, 3.05) is 0 Å². The maximum absolute atomic E-state index is 13.0. The molecule has 2 heterocycles. The minimum absolute atomic E-state index is 0.0980. The number of nitrogens with zero attached hydrogens (tertiary/aromatic N) is 3. The highest BCUT2D eigenvalue weighted by atomic mass is 19.3. The van der Waals surface area contributed by atoms with Gasteiger partial charge in [0.1, 0.15) is 11.3 Å². The molecule has 5 nitrogen and oxygen atoms in total. The van der Waals surface area contributed by atoms with Gasteiger partial charge in [-0.25, -0.2) is 23.1 Å². The highest BCUT2D eigenvalue weighted by Crippen LogP contribution is 2.26. The SMILES string of the molecule is O=C(O)c1cnn2c(-c3ccccc3)cc(C(F)F)nc12. The molecule has 0 amide bonds. The normalized spacial score (nSPS) is 11.2. The van der Waals surface area contributed by atoms with Gasteiger partial charge in [0.15, 0.2) is 5.65 Å². The number of hydrogen-bond donors (Lipinski definition) is 1. The molecule has 0 spiro atoms. The molecule has 7 heteroatoms. The first kappa shape index (κ1) is 13.2. The van der Waals surface area contributed by atoms with Gasteiger partial charge < -0.3 is 5.11 Å². The van der Waals surface area contributed by atoms with Crippen LogP contribution in [-0.4, -0.2) is 25.7 Å². The summed E-state index contributed by atoms with van der Waals surface area (Å²) in [5, 5.41) is 13.0. The lowest BCUT2D eigenvalue weighted by molar-refractivity contribution is 0.0698. The molecule has 0 atom stereocenters. The van der Waals surface area contributed by atoms with E-state index < -0.39 is 18.1 Å². The summed E-state index contributed by atoms with van der Waals surface area (Å²) in [6, 6.07) is 9.97. The smallest absolute Gasteiger partial charge is 0.341 e. The van der Waals surface area contributed by atoms with Crippen molar-refractivity contribution in [1.29, 1.82) is 0 Å². The average Bonchev–Trinajstić information content (AvgIpc) is 2.91. The Morgan fingerprint density at radius 2 is 1.95 bits per heavy atom. The van der Waals surface area contributed by atoms with E-state index in [2.05, 4.69) is 10.1 Å². The molecule has 3 aromatic rings. The number of fused-ring (bicyclic) bond motifs is 1. The predicted octanol–water partition coefficient (Wildman–Crippen LogP) is 3.03. The largest absolute Gasteiger partial charge is 0.477 e. The third-order valence-electron chi connectivity index (χ3n) is 3.02. The third-order valence-corrected chi connectivity index (χ3v) is 3.02. The molecule has 0 bridgehead atoms. The van der Waals surface area contributed by atoms with E-state index in [0.29, 0.717) is 11.3 Å². The van der Waals surface area contributed by atoms with Crippen molar-refractivity contribution in [2.45, 2.75) is 6.43 Å². The minimum atomic E-state index is -2.80. The molecule has 3 rings (SSSR count). The van der Waals surface area contributed by atoms with Crippen molar-refractivity contribution in [1.82, 2.24) is 14.6 Å². The van der Waals surface area contributed by atoms with Crippen LogP contribution in [0.3, 0.4) is 0 Å². The zero-order chi connectivity index (χ0) is 15.0. The lowest BCUT2D eigenvalue weighted by Gasteiger charge is -2.08. The molecule has 0 radical (unpaired) electrons. The summed E-state index contributed by atoms with van der Waals surface area (Å²) in [6.45, 7) is 0. The van der Waals surface area contributed by atoms with E-state index in [1.807, 2.05) is 0 Å². The molecule has 1 aromatic carbocycles. The van der Waals surface area contributed by atoms with Gasteiger partial charge in [0.2, 0.25) is 0 Å². The number of halogens is 2. The van der Waals surface area contributed by atoms with Crippen molar-refractivity contribution in [3.8, 4) is 11.3 Å². The van der Waals surface area contributed by atoms with Gasteiger partial charge in [-0.05, 0) is 6.07 Å². The minimum Gasteiger partial charge on any atom is -0.477 e. The fraction of sp³-hybridized carbons (Fsp3) is 0.0714. The number of aromatic nitrogens is 3. The highest BCUT2D eigenvalue weighted by Gasteiger charge is 2.20. The van der Waals surface area contributed by atoms with Crippen LogP contribution in [0.5, 0.6) is 0 Å². The Bertz CT molecular complexity index is 816. The second-order valence-electron chi connectivity index (χ2n) is 4.33. The van der Waals surface area contributed by atoms with Crippen molar-refractivity contribution in [3.63, 3.8) is 0 Å². The van der Waals surface area contributed by atoms with E-state index in [4.69, 9.17) is 5.11 Å². The van der Waals surface area contributed by atoms with Crippen LogP contribution in [0.4, 0.5) is 8.78 Å². The fourth-order valence-corrected chi connectivity index (χ4v) is 2.06. The van der Waals surface area contributed by atoms with Crippen molar-refractivity contribution >= 4 is 11.6 Å². The average molecular weight is 289 g/mol. The van der Waals surface area contributed by atoms with E-state index in [-0.39, 0.29) is 11.2 Å². The van der Waals surface area contributed by atoms with Gasteiger partial charge >= 0.3 is 5.97 Å². The summed E-state index contributed by atoms with van der Waals surface area (Å²) in [6.07, 6.45) is -1.69. The first-order valence-electron chi connectivity index (χ1n) is 6.03. The molecule has 0 unspecified atom stereocenters. The molecule has 0 saturated heterocycles. The molecular weight excluding hydrogens is 280 g/mol. The van der Waals surface area contributed by atoms with Gasteiger partial charge in [-0.1, -0.05) is 30.3 Å². The molecule has 1 N–H and O–H groups in total. The Labute approximate surface area is 117 Å². The van der Waals surface area contributed by atoms with Crippen molar-refractivity contribution in [2.24, 2.45) is 0 Å². The van der Waals surface area contributed by atoms with Crippen molar-refractivity contribution < 1.29 is 18.7 Å². The van der Waals surface area contributed by atoms with Crippen molar-refractivity contribution in [3.05, 3.63) is 53.9 Å². The summed E-state index contributed by atoms with van der Waals surface area (Å²) in [7, 11) is 0. The van der Waals surface area contributed by atoms with Crippen LogP contribution in [0.25, 0.3) is 16.9 Å². The van der Waals surface area contributed by atoms with Crippen LogP contribution in [-0.2, 0) is 0 Å². The maximum Gasteiger partial charge on any atom is 0.341 e. The quantitative estimate of drug-likeness (QED) is 0.804. The standard InChI is InChI=1S/C14H9F2N3O2/c15-12(16)10-6-11(8-4-2-1-3-5-8)19-13(18-10)9(7-17-19)14(20)21/h1-7,12H,(H,20,21). The molecule has 0 fully saturated rings. The van der Waals surface area contributed by atoms with Gasteiger partial charge in [-0.2, -0.15) is 5.10 Å². The Balaban J connectivity index is 2.35. The Hall–Kier alpha value is -2.83. The molecule has 0 aliphatic rings. The monoisotopic (exact) mass is 289 g/mol. The molecule has 106 valence electrons. The first-order valence-corrected chi connectivity index (χ1v) is 6.03. The molecule has 21 heavy (non-hydrogen) atoms. The van der Waals surface area contributed by atoms with Gasteiger partial charge in [0, 0.05) is 5.56 Å². The number of carboxylic acids is 1. The van der Waals surface area contributed by atoms with Crippen LogP contribution in [0, 0.1) is 0 Å². The Morgan fingerprint density at radius 3 is 2.57 bits per heavy atom.